The minimum absolute atomic E-state index is 0. The lowest BCUT2D eigenvalue weighted by Crippen LogP contribution is -2.49. The Morgan fingerprint density at radius 3 is 2.92 bits per heavy atom. The summed E-state index contributed by atoms with van der Waals surface area (Å²) in [7, 11) is 0. The maximum Gasteiger partial charge on any atom is 0.276 e. The quantitative estimate of drug-likeness (QED) is 0.921. The van der Waals surface area contributed by atoms with Gasteiger partial charge in [-0.15, -0.1) is 17.5 Å². The van der Waals surface area contributed by atoms with Crippen LogP contribution in [0.5, 0.6) is 0 Å². The van der Waals surface area contributed by atoms with Crippen molar-refractivity contribution in [1.82, 2.24) is 19.9 Å². The van der Waals surface area contributed by atoms with Gasteiger partial charge in [-0.25, -0.2) is 4.68 Å². The van der Waals surface area contributed by atoms with Crippen LogP contribution in [0.4, 0.5) is 0 Å². The highest BCUT2D eigenvalue weighted by Crippen LogP contribution is 2.23. The topological polar surface area (TPSA) is 77.0 Å². The zero-order valence-electron chi connectivity index (χ0n) is 14.1. The number of carbonyl (C=O) groups excluding carboxylic acids is 1. The van der Waals surface area contributed by atoms with Crippen molar-refractivity contribution in [3.8, 4) is 5.69 Å². The molecule has 2 aromatic rings. The van der Waals surface area contributed by atoms with Crippen LogP contribution in [0.1, 0.15) is 35.8 Å². The van der Waals surface area contributed by atoms with Gasteiger partial charge in [0, 0.05) is 19.1 Å². The molecule has 2 heterocycles. The van der Waals surface area contributed by atoms with Crippen molar-refractivity contribution >= 4 is 18.3 Å². The minimum Gasteiger partial charge on any atom is -0.333 e. The molecule has 2 atom stereocenters. The van der Waals surface area contributed by atoms with E-state index in [9.17, 15) is 4.79 Å². The molecular formula is C17H24ClN5O. The summed E-state index contributed by atoms with van der Waals surface area (Å²) in [6, 6.07) is 8.03. The summed E-state index contributed by atoms with van der Waals surface area (Å²) in [6.45, 7) is 5.45. The highest BCUT2D eigenvalue weighted by molar-refractivity contribution is 5.92. The first kappa shape index (κ1) is 18.4. The third kappa shape index (κ3) is 3.76. The van der Waals surface area contributed by atoms with E-state index in [1.54, 1.807) is 10.9 Å². The standard InChI is InChI=1S/C17H23N5O.ClH/c1-12-4-3-5-14(8-12)22-11-16(19-20-22)17(23)21-7-6-13(2)9-15(21)10-18;/h3-5,8,11,13,15H,6-7,9-10,18H2,1-2H3;1H. The Morgan fingerprint density at radius 2 is 2.21 bits per heavy atom. The molecule has 1 aromatic carbocycles. The molecule has 1 aromatic heterocycles. The molecule has 0 spiro atoms. The van der Waals surface area contributed by atoms with Crippen molar-refractivity contribution in [2.75, 3.05) is 13.1 Å². The van der Waals surface area contributed by atoms with Crippen LogP contribution in [0, 0.1) is 12.8 Å². The Balaban J connectivity index is 0.00000208. The number of nitrogens with zero attached hydrogens (tertiary/aromatic N) is 4. The first-order chi connectivity index (χ1) is 11.1. The van der Waals surface area contributed by atoms with Crippen molar-refractivity contribution in [3.05, 3.63) is 41.7 Å². The van der Waals surface area contributed by atoms with Gasteiger partial charge in [0.25, 0.3) is 5.91 Å². The lowest BCUT2D eigenvalue weighted by atomic mass is 9.92. The number of halogens is 1. The zero-order chi connectivity index (χ0) is 16.4. The van der Waals surface area contributed by atoms with Crippen LogP contribution in [-0.4, -0.2) is 44.9 Å². The minimum atomic E-state index is -0.0775. The van der Waals surface area contributed by atoms with Gasteiger partial charge in [-0.05, 0) is 43.4 Å². The molecule has 130 valence electrons. The summed E-state index contributed by atoms with van der Waals surface area (Å²) < 4.78 is 1.64. The molecule has 7 heteroatoms. The molecule has 6 nitrogen and oxygen atoms in total. The van der Waals surface area contributed by atoms with Crippen molar-refractivity contribution < 1.29 is 4.79 Å². The Hall–Kier alpha value is -1.92. The molecule has 1 fully saturated rings. The normalized spacial score (nSPS) is 20.5. The average molecular weight is 350 g/mol. The molecule has 0 radical (unpaired) electrons. The molecule has 3 rings (SSSR count). The fraction of sp³-hybridized carbons (Fsp3) is 0.471. The van der Waals surface area contributed by atoms with Crippen LogP contribution in [-0.2, 0) is 0 Å². The molecular weight excluding hydrogens is 326 g/mol. The van der Waals surface area contributed by atoms with Crippen LogP contribution < -0.4 is 5.73 Å². The fourth-order valence-electron chi connectivity index (χ4n) is 3.15. The van der Waals surface area contributed by atoms with Crippen molar-refractivity contribution in [2.45, 2.75) is 32.7 Å². The van der Waals surface area contributed by atoms with Crippen molar-refractivity contribution in [2.24, 2.45) is 11.7 Å². The van der Waals surface area contributed by atoms with E-state index in [1.165, 1.54) is 0 Å². The summed E-state index contributed by atoms with van der Waals surface area (Å²) in [4.78, 5) is 14.6. The molecule has 0 bridgehead atoms. The zero-order valence-corrected chi connectivity index (χ0v) is 14.9. The van der Waals surface area contributed by atoms with E-state index in [2.05, 4.69) is 17.2 Å². The van der Waals surface area contributed by atoms with Crippen LogP contribution in [0.15, 0.2) is 30.5 Å². The first-order valence-electron chi connectivity index (χ1n) is 8.09. The SMILES string of the molecule is Cc1cccc(-n2cc(C(=O)N3CCC(C)CC3CN)nn2)c1.Cl. The predicted octanol–water partition coefficient (Wildman–Crippen LogP) is 2.20. The van der Waals surface area contributed by atoms with Crippen LogP contribution in [0.3, 0.4) is 0 Å². The maximum atomic E-state index is 12.7. The molecule has 1 amide bonds. The second-order valence-electron chi connectivity index (χ2n) is 6.40. The molecule has 0 saturated carbocycles. The Bertz CT molecular complexity index is 702. The summed E-state index contributed by atoms with van der Waals surface area (Å²) in [6.07, 6.45) is 3.66. The molecule has 2 unspecified atom stereocenters. The van der Waals surface area contributed by atoms with Crippen LogP contribution in [0.25, 0.3) is 5.69 Å². The van der Waals surface area contributed by atoms with E-state index >= 15 is 0 Å². The van der Waals surface area contributed by atoms with Gasteiger partial charge in [-0.1, -0.05) is 24.3 Å². The van der Waals surface area contributed by atoms with Gasteiger partial charge in [-0.3, -0.25) is 4.79 Å². The van der Waals surface area contributed by atoms with Gasteiger partial charge in [0.05, 0.1) is 11.9 Å². The molecule has 24 heavy (non-hydrogen) atoms. The van der Waals surface area contributed by atoms with Gasteiger partial charge in [0.1, 0.15) is 0 Å². The number of aryl methyl sites for hydroxylation is 1. The molecule has 1 aliphatic heterocycles. The number of nitrogens with two attached hydrogens (primary N) is 1. The second kappa shape index (κ2) is 7.77. The smallest absolute Gasteiger partial charge is 0.276 e. The van der Waals surface area contributed by atoms with Gasteiger partial charge in [0.2, 0.25) is 0 Å². The number of rotatable bonds is 3. The number of benzene rings is 1. The Labute approximate surface area is 148 Å². The Kier molecular flexibility index (Phi) is 5.96. The number of carbonyl (C=O) groups is 1. The first-order valence-corrected chi connectivity index (χ1v) is 8.09. The van der Waals surface area contributed by atoms with E-state index < -0.39 is 0 Å². The fourth-order valence-corrected chi connectivity index (χ4v) is 3.15. The summed E-state index contributed by atoms with van der Waals surface area (Å²) in [5.41, 5.74) is 8.26. The number of aromatic nitrogens is 3. The van der Waals surface area contributed by atoms with E-state index in [1.807, 2.05) is 36.1 Å². The number of piperidine rings is 1. The number of amides is 1. The lowest BCUT2D eigenvalue weighted by molar-refractivity contribution is 0.0567. The van der Waals surface area contributed by atoms with Gasteiger partial charge < -0.3 is 10.6 Å². The highest BCUT2D eigenvalue weighted by Gasteiger charge is 2.30. The monoisotopic (exact) mass is 349 g/mol. The molecule has 2 N–H and O–H groups in total. The third-order valence-electron chi connectivity index (χ3n) is 4.49. The van der Waals surface area contributed by atoms with Crippen molar-refractivity contribution in [1.29, 1.82) is 0 Å². The van der Waals surface area contributed by atoms with Crippen molar-refractivity contribution in [3.63, 3.8) is 0 Å². The summed E-state index contributed by atoms with van der Waals surface area (Å²) >= 11 is 0. The number of hydrogen-bond donors (Lipinski definition) is 1. The average Bonchev–Trinajstić information content (AvgIpc) is 3.04. The van der Waals surface area contributed by atoms with E-state index in [0.717, 1.165) is 30.6 Å². The predicted molar refractivity (Wildman–Crippen MR) is 95.6 cm³/mol. The van der Waals surface area contributed by atoms with E-state index in [0.29, 0.717) is 18.2 Å². The lowest BCUT2D eigenvalue weighted by Gasteiger charge is -2.37. The van der Waals surface area contributed by atoms with E-state index in [-0.39, 0.29) is 24.4 Å². The Morgan fingerprint density at radius 1 is 1.42 bits per heavy atom. The highest BCUT2D eigenvalue weighted by atomic mass is 35.5. The summed E-state index contributed by atoms with van der Waals surface area (Å²) in [5.74, 6) is 0.529. The number of hydrogen-bond acceptors (Lipinski definition) is 4. The van der Waals surface area contributed by atoms with Gasteiger partial charge in [-0.2, -0.15) is 0 Å². The second-order valence-corrected chi connectivity index (χ2v) is 6.40. The van der Waals surface area contributed by atoms with E-state index in [4.69, 9.17) is 5.73 Å². The largest absolute Gasteiger partial charge is 0.333 e. The van der Waals surface area contributed by atoms with Crippen LogP contribution in [0.2, 0.25) is 0 Å². The molecule has 0 aliphatic carbocycles. The maximum absolute atomic E-state index is 12.7. The van der Waals surface area contributed by atoms with Gasteiger partial charge >= 0.3 is 0 Å². The molecule has 1 saturated heterocycles. The number of likely N-dealkylation sites (tertiary alicyclic amines) is 1. The summed E-state index contributed by atoms with van der Waals surface area (Å²) in [5, 5.41) is 8.16. The third-order valence-corrected chi connectivity index (χ3v) is 4.49. The van der Waals surface area contributed by atoms with Crippen LogP contribution >= 0.6 is 12.4 Å². The van der Waals surface area contributed by atoms with Gasteiger partial charge in [0.15, 0.2) is 5.69 Å². The molecule has 1 aliphatic rings.